The average Bonchev–Trinajstić information content (AvgIpc) is 2.70. The minimum absolute atomic E-state index is 0.0331. The predicted octanol–water partition coefficient (Wildman–Crippen LogP) is 6.24. The molecule has 3 heteroatoms. The number of ketones is 1. The number of fused-ring (bicyclic) bond motifs is 3. The number of methoxy groups -OCH3 is 1. The molecule has 3 nitrogen and oxygen atoms in total. The molecule has 2 aliphatic carbocycles. The molecule has 0 heterocycles. The van der Waals surface area contributed by atoms with Crippen molar-refractivity contribution in [1.82, 2.24) is 0 Å². The average molecular weight is 401 g/mol. The molecule has 0 radical (unpaired) electrons. The van der Waals surface area contributed by atoms with Gasteiger partial charge in [0.25, 0.3) is 0 Å². The Labute approximate surface area is 177 Å². The molecule has 29 heavy (non-hydrogen) atoms. The highest BCUT2D eigenvalue weighted by molar-refractivity contribution is 5.99. The number of hydrogen-bond acceptors (Lipinski definition) is 3. The minimum Gasteiger partial charge on any atom is -0.496 e. The quantitative estimate of drug-likeness (QED) is 0.415. The van der Waals surface area contributed by atoms with Crippen LogP contribution < -0.4 is 4.74 Å². The van der Waals surface area contributed by atoms with E-state index in [-0.39, 0.29) is 22.7 Å². The van der Waals surface area contributed by atoms with Crippen LogP contribution in [0.5, 0.6) is 5.75 Å². The fourth-order valence-electron chi connectivity index (χ4n) is 6.12. The van der Waals surface area contributed by atoms with Gasteiger partial charge in [-0.25, -0.2) is 0 Å². The van der Waals surface area contributed by atoms with Crippen LogP contribution in [0.15, 0.2) is 12.1 Å². The van der Waals surface area contributed by atoms with Crippen LogP contribution >= 0.6 is 0 Å². The van der Waals surface area contributed by atoms with Crippen LogP contribution in [0, 0.1) is 11.3 Å². The molecule has 0 bridgehead atoms. The number of rotatable bonds is 8. The summed E-state index contributed by atoms with van der Waals surface area (Å²) in [5, 5.41) is 10.6. The van der Waals surface area contributed by atoms with E-state index < -0.39 is 0 Å². The van der Waals surface area contributed by atoms with Gasteiger partial charge in [-0.1, -0.05) is 53.4 Å². The minimum atomic E-state index is -0.238. The van der Waals surface area contributed by atoms with Gasteiger partial charge in [0, 0.05) is 6.42 Å². The first kappa shape index (κ1) is 22.3. The molecular formula is C26H40O3. The SMILES string of the molecule is CCCCCCCC(=O)c1cc2c(cc1OC)[C@@]1(C)CC[C@H](O)C(C)(C)[C@@H]1CC2. The maximum Gasteiger partial charge on any atom is 0.166 e. The van der Waals surface area contributed by atoms with Crippen molar-refractivity contribution in [1.29, 1.82) is 0 Å². The van der Waals surface area contributed by atoms with Crippen molar-refractivity contribution in [3.05, 3.63) is 28.8 Å². The number of unbranched alkanes of at least 4 members (excludes halogenated alkanes) is 4. The number of aliphatic hydroxyl groups is 1. The fourth-order valence-corrected chi connectivity index (χ4v) is 6.12. The van der Waals surface area contributed by atoms with Crippen molar-refractivity contribution >= 4 is 5.78 Å². The van der Waals surface area contributed by atoms with Gasteiger partial charge in [0.2, 0.25) is 0 Å². The van der Waals surface area contributed by atoms with Crippen molar-refractivity contribution in [2.75, 3.05) is 7.11 Å². The molecule has 0 unspecified atom stereocenters. The lowest BCUT2D eigenvalue weighted by Gasteiger charge is -2.56. The molecule has 1 fully saturated rings. The normalized spacial score (nSPS) is 27.8. The monoisotopic (exact) mass is 400 g/mol. The number of benzene rings is 1. The topological polar surface area (TPSA) is 46.5 Å². The highest BCUT2D eigenvalue weighted by atomic mass is 16.5. The summed E-state index contributed by atoms with van der Waals surface area (Å²) in [6.07, 6.45) is 10.0. The van der Waals surface area contributed by atoms with Crippen LogP contribution in [0.4, 0.5) is 0 Å². The summed E-state index contributed by atoms with van der Waals surface area (Å²) in [5.74, 6) is 1.39. The summed E-state index contributed by atoms with van der Waals surface area (Å²) in [6.45, 7) is 9.01. The number of carbonyl (C=O) groups excluding carboxylic acids is 1. The molecular weight excluding hydrogens is 360 g/mol. The predicted molar refractivity (Wildman–Crippen MR) is 119 cm³/mol. The van der Waals surface area contributed by atoms with Gasteiger partial charge in [0.1, 0.15) is 5.75 Å². The van der Waals surface area contributed by atoms with Crippen molar-refractivity contribution < 1.29 is 14.6 Å². The Morgan fingerprint density at radius 2 is 1.86 bits per heavy atom. The van der Waals surface area contributed by atoms with Crippen molar-refractivity contribution in [3.63, 3.8) is 0 Å². The van der Waals surface area contributed by atoms with Crippen molar-refractivity contribution in [2.45, 2.75) is 103 Å². The number of carbonyl (C=O) groups is 1. The molecule has 1 N–H and O–H groups in total. The standard InChI is InChI=1S/C26H40O3/c1-6-7-8-9-10-11-21(27)19-16-18-12-13-23-25(2,3)24(28)14-15-26(23,4)20(18)17-22(19)29-5/h16-17,23-24,28H,6-15H2,1-5H3/t23-,24-,26+/m0/s1. The lowest BCUT2D eigenvalue weighted by atomic mass is 9.49. The second kappa shape index (κ2) is 8.79. The third-order valence-electron chi connectivity index (χ3n) is 8.01. The Morgan fingerprint density at radius 3 is 2.55 bits per heavy atom. The molecule has 162 valence electrons. The molecule has 1 aromatic carbocycles. The molecule has 0 saturated heterocycles. The molecule has 2 aliphatic rings. The summed E-state index contributed by atoms with van der Waals surface area (Å²) in [6, 6.07) is 4.28. The lowest BCUT2D eigenvalue weighted by Crippen LogP contribution is -2.53. The van der Waals surface area contributed by atoms with Crippen LogP contribution in [0.1, 0.15) is 107 Å². The van der Waals surface area contributed by atoms with Crippen LogP contribution in [0.2, 0.25) is 0 Å². The van der Waals surface area contributed by atoms with Crippen molar-refractivity contribution in [2.24, 2.45) is 11.3 Å². The van der Waals surface area contributed by atoms with E-state index in [1.165, 1.54) is 30.4 Å². The molecule has 1 saturated carbocycles. The smallest absolute Gasteiger partial charge is 0.166 e. The van der Waals surface area contributed by atoms with Crippen LogP contribution in [-0.2, 0) is 11.8 Å². The number of Topliss-reactive ketones (excluding diaryl/α,β-unsaturated/α-hetero) is 1. The zero-order valence-corrected chi connectivity index (χ0v) is 19.1. The molecule has 0 aliphatic heterocycles. The first-order valence-corrected chi connectivity index (χ1v) is 11.7. The third kappa shape index (κ3) is 4.13. The van der Waals surface area contributed by atoms with E-state index in [2.05, 4.69) is 39.8 Å². The Bertz CT molecular complexity index is 736. The van der Waals surface area contributed by atoms with Gasteiger partial charge in [0.15, 0.2) is 5.78 Å². The van der Waals surface area contributed by atoms with Crippen molar-refractivity contribution in [3.8, 4) is 5.75 Å². The van der Waals surface area contributed by atoms with Gasteiger partial charge in [-0.15, -0.1) is 0 Å². The highest BCUT2D eigenvalue weighted by Crippen LogP contribution is 2.57. The second-order valence-electron chi connectivity index (χ2n) is 10.2. The van der Waals surface area contributed by atoms with E-state index in [0.29, 0.717) is 12.3 Å². The van der Waals surface area contributed by atoms with E-state index in [1.54, 1.807) is 7.11 Å². The summed E-state index contributed by atoms with van der Waals surface area (Å²) in [4.78, 5) is 12.9. The Hall–Kier alpha value is -1.35. The summed E-state index contributed by atoms with van der Waals surface area (Å²) in [7, 11) is 1.68. The Balaban J connectivity index is 1.86. The molecule has 0 spiro atoms. The molecule has 0 amide bonds. The van der Waals surface area contributed by atoms with Gasteiger partial charge in [0.05, 0.1) is 18.8 Å². The van der Waals surface area contributed by atoms with E-state index in [4.69, 9.17) is 4.74 Å². The van der Waals surface area contributed by atoms with E-state index in [1.807, 2.05) is 0 Å². The van der Waals surface area contributed by atoms with E-state index in [9.17, 15) is 9.90 Å². The maximum atomic E-state index is 12.9. The molecule has 3 rings (SSSR count). The van der Waals surface area contributed by atoms with Gasteiger partial charge >= 0.3 is 0 Å². The molecule has 0 aromatic heterocycles. The summed E-state index contributed by atoms with van der Waals surface area (Å²) < 4.78 is 5.71. The highest BCUT2D eigenvalue weighted by Gasteiger charge is 2.53. The van der Waals surface area contributed by atoms with Crippen LogP contribution in [-0.4, -0.2) is 24.1 Å². The lowest BCUT2D eigenvalue weighted by molar-refractivity contribution is -0.0731. The third-order valence-corrected chi connectivity index (χ3v) is 8.01. The first-order valence-electron chi connectivity index (χ1n) is 11.7. The van der Waals surface area contributed by atoms with Crippen LogP contribution in [0.3, 0.4) is 0 Å². The van der Waals surface area contributed by atoms with E-state index in [0.717, 1.165) is 49.8 Å². The Kier molecular flexibility index (Phi) is 6.77. The zero-order valence-electron chi connectivity index (χ0n) is 19.1. The Morgan fingerprint density at radius 1 is 1.14 bits per heavy atom. The van der Waals surface area contributed by atoms with Gasteiger partial charge < -0.3 is 9.84 Å². The largest absolute Gasteiger partial charge is 0.496 e. The molecule has 3 atom stereocenters. The number of ether oxygens (including phenoxy) is 1. The first-order chi connectivity index (χ1) is 13.8. The summed E-state index contributed by atoms with van der Waals surface area (Å²) >= 11 is 0. The fraction of sp³-hybridized carbons (Fsp3) is 0.731. The van der Waals surface area contributed by atoms with E-state index >= 15 is 0 Å². The second-order valence-corrected chi connectivity index (χ2v) is 10.2. The van der Waals surface area contributed by atoms with Gasteiger partial charge in [-0.2, -0.15) is 0 Å². The summed E-state index contributed by atoms with van der Waals surface area (Å²) in [5.41, 5.74) is 3.35. The van der Waals surface area contributed by atoms with Gasteiger partial charge in [-0.3, -0.25) is 4.79 Å². The molecule has 1 aromatic rings. The number of hydrogen-bond donors (Lipinski definition) is 1. The zero-order chi connectivity index (χ0) is 21.2. The number of aryl methyl sites for hydroxylation is 1. The van der Waals surface area contributed by atoms with Gasteiger partial charge in [-0.05, 0) is 72.1 Å². The maximum absolute atomic E-state index is 12.9. The van der Waals surface area contributed by atoms with Crippen LogP contribution in [0.25, 0.3) is 0 Å². The number of aliphatic hydroxyl groups excluding tert-OH is 1.